The first-order valence-electron chi connectivity index (χ1n) is 6.46. The Morgan fingerprint density at radius 2 is 2.09 bits per heavy atom. The topological polar surface area (TPSA) is 60.2 Å². The molecule has 0 radical (unpaired) electrons. The molecule has 0 unspecified atom stereocenters. The highest BCUT2D eigenvalue weighted by atomic mass is 32.1. The first-order valence-corrected chi connectivity index (χ1v) is 7.34. The van der Waals surface area contributed by atoms with Crippen LogP contribution in [0.3, 0.4) is 0 Å². The minimum absolute atomic E-state index is 0.188. The van der Waals surface area contributed by atoms with Crippen LogP contribution in [-0.2, 0) is 6.54 Å². The van der Waals surface area contributed by atoms with Crippen molar-refractivity contribution >= 4 is 17.0 Å². The molecular formula is C14H10F3N3O2S. The third kappa shape index (κ3) is 4.22. The fraction of sp³-hybridized carbons (Fsp3) is 0.143. The number of alkyl halides is 3. The van der Waals surface area contributed by atoms with E-state index in [4.69, 9.17) is 4.52 Å². The number of nitrogens with zero attached hydrogens (tertiary/aromatic N) is 2. The molecule has 0 aliphatic heterocycles. The van der Waals surface area contributed by atoms with Gasteiger partial charge >= 0.3 is 6.36 Å². The van der Waals surface area contributed by atoms with Gasteiger partial charge in [-0.25, -0.2) is 0 Å². The van der Waals surface area contributed by atoms with E-state index < -0.39 is 6.36 Å². The monoisotopic (exact) mass is 341 g/mol. The van der Waals surface area contributed by atoms with Gasteiger partial charge in [-0.2, -0.15) is 4.98 Å². The van der Waals surface area contributed by atoms with E-state index in [0.717, 1.165) is 4.88 Å². The predicted octanol–water partition coefficient (Wildman–Crippen LogP) is 4.31. The summed E-state index contributed by atoms with van der Waals surface area (Å²) in [6.45, 7) is 0.188. The lowest BCUT2D eigenvalue weighted by Crippen LogP contribution is -2.17. The first kappa shape index (κ1) is 15.3. The lowest BCUT2D eigenvalue weighted by Gasteiger charge is -2.10. The van der Waals surface area contributed by atoms with Crippen LogP contribution >= 0.6 is 11.3 Å². The Morgan fingerprint density at radius 3 is 2.83 bits per heavy atom. The summed E-state index contributed by atoms with van der Waals surface area (Å²) in [5.74, 6) is 0.508. The van der Waals surface area contributed by atoms with Crippen LogP contribution in [0.4, 0.5) is 18.9 Å². The van der Waals surface area contributed by atoms with E-state index in [-0.39, 0.29) is 12.3 Å². The van der Waals surface area contributed by atoms with Crippen molar-refractivity contribution in [1.82, 2.24) is 10.1 Å². The van der Waals surface area contributed by atoms with Gasteiger partial charge in [0.1, 0.15) is 5.75 Å². The van der Waals surface area contributed by atoms with Gasteiger partial charge < -0.3 is 14.6 Å². The van der Waals surface area contributed by atoms with Gasteiger partial charge in [0.25, 0.3) is 0 Å². The molecule has 9 heteroatoms. The number of hydrogen-bond acceptors (Lipinski definition) is 6. The molecule has 0 spiro atoms. The van der Waals surface area contributed by atoms with Crippen molar-refractivity contribution in [2.45, 2.75) is 12.9 Å². The maximum atomic E-state index is 12.2. The average molecular weight is 341 g/mol. The van der Waals surface area contributed by atoms with Gasteiger partial charge in [0.15, 0.2) is 0 Å². The van der Waals surface area contributed by atoms with Gasteiger partial charge in [-0.15, -0.1) is 24.5 Å². The number of anilines is 1. The fourth-order valence-corrected chi connectivity index (χ4v) is 2.46. The Kier molecular flexibility index (Phi) is 4.20. The number of halogens is 3. The Morgan fingerprint density at radius 1 is 1.22 bits per heavy atom. The maximum absolute atomic E-state index is 12.2. The molecule has 2 heterocycles. The molecule has 0 aliphatic rings. The molecule has 1 aromatic carbocycles. The van der Waals surface area contributed by atoms with Crippen molar-refractivity contribution in [2.24, 2.45) is 0 Å². The van der Waals surface area contributed by atoms with Crippen molar-refractivity contribution < 1.29 is 22.4 Å². The Bertz CT molecular complexity index is 772. The van der Waals surface area contributed by atoms with Crippen molar-refractivity contribution in [3.63, 3.8) is 0 Å². The Balaban J connectivity index is 1.63. The molecule has 3 rings (SSSR count). The quantitative estimate of drug-likeness (QED) is 0.749. The van der Waals surface area contributed by atoms with Gasteiger partial charge in [-0.3, -0.25) is 0 Å². The van der Waals surface area contributed by atoms with Gasteiger partial charge in [0.05, 0.1) is 11.4 Å². The summed E-state index contributed by atoms with van der Waals surface area (Å²) in [7, 11) is 0. The summed E-state index contributed by atoms with van der Waals surface area (Å²) >= 11 is 1.48. The second-order valence-electron chi connectivity index (χ2n) is 4.42. The molecule has 0 saturated heterocycles. The highest BCUT2D eigenvalue weighted by Crippen LogP contribution is 2.25. The van der Waals surface area contributed by atoms with Crippen LogP contribution in [0.5, 0.6) is 5.75 Å². The zero-order valence-electron chi connectivity index (χ0n) is 11.5. The first-order chi connectivity index (χ1) is 11.0. The molecule has 3 aromatic rings. The van der Waals surface area contributed by atoms with E-state index in [9.17, 15) is 13.2 Å². The smallest absolute Gasteiger partial charge is 0.406 e. The largest absolute Gasteiger partial charge is 0.573 e. The number of thiophene rings is 1. The van der Waals surface area contributed by atoms with Crippen LogP contribution in [0.2, 0.25) is 0 Å². The van der Waals surface area contributed by atoms with Crippen LogP contribution in [0.15, 0.2) is 46.3 Å². The molecule has 23 heavy (non-hydrogen) atoms. The highest BCUT2D eigenvalue weighted by molar-refractivity contribution is 7.13. The summed E-state index contributed by atoms with van der Waals surface area (Å²) in [6, 6.07) is 9.27. The number of hydrogen-bond donors (Lipinski definition) is 1. The van der Waals surface area contributed by atoms with Crippen molar-refractivity contribution in [1.29, 1.82) is 0 Å². The van der Waals surface area contributed by atoms with Crippen molar-refractivity contribution in [2.75, 3.05) is 5.32 Å². The summed E-state index contributed by atoms with van der Waals surface area (Å²) < 4.78 is 45.5. The summed E-state index contributed by atoms with van der Waals surface area (Å²) in [4.78, 5) is 5.08. The SMILES string of the molecule is FC(F)(F)Oc1cccc(NCc2nc(-c3cccs3)no2)c1. The molecular weight excluding hydrogens is 331 g/mol. The molecule has 0 fully saturated rings. The summed E-state index contributed by atoms with van der Waals surface area (Å²) in [6.07, 6.45) is -4.72. The van der Waals surface area contributed by atoms with E-state index in [1.54, 1.807) is 6.07 Å². The summed E-state index contributed by atoms with van der Waals surface area (Å²) in [5.41, 5.74) is 0.447. The van der Waals surface area contributed by atoms with Crippen LogP contribution in [0.25, 0.3) is 10.7 Å². The zero-order chi connectivity index (χ0) is 16.3. The van der Waals surface area contributed by atoms with Crippen LogP contribution in [-0.4, -0.2) is 16.5 Å². The number of nitrogens with one attached hydrogen (secondary N) is 1. The number of aromatic nitrogens is 2. The van der Waals surface area contributed by atoms with Gasteiger partial charge in [0.2, 0.25) is 11.7 Å². The van der Waals surface area contributed by atoms with Crippen LogP contribution in [0, 0.1) is 0 Å². The Hall–Kier alpha value is -2.55. The molecule has 1 N–H and O–H groups in total. The third-order valence-corrected chi connectivity index (χ3v) is 3.59. The van der Waals surface area contributed by atoms with Crippen LogP contribution in [0.1, 0.15) is 5.89 Å². The average Bonchev–Trinajstić information content (AvgIpc) is 3.15. The van der Waals surface area contributed by atoms with Gasteiger partial charge in [-0.1, -0.05) is 17.3 Å². The molecule has 0 atom stereocenters. The minimum Gasteiger partial charge on any atom is -0.406 e. The summed E-state index contributed by atoms with van der Waals surface area (Å²) in [5, 5.41) is 8.65. The maximum Gasteiger partial charge on any atom is 0.573 e. The predicted molar refractivity (Wildman–Crippen MR) is 78.1 cm³/mol. The van der Waals surface area contributed by atoms with Crippen molar-refractivity contribution in [3.05, 3.63) is 47.7 Å². The second kappa shape index (κ2) is 6.29. The zero-order valence-corrected chi connectivity index (χ0v) is 12.3. The van der Waals surface area contributed by atoms with E-state index in [2.05, 4.69) is 20.2 Å². The lowest BCUT2D eigenvalue weighted by molar-refractivity contribution is -0.274. The number of ether oxygens (including phenoxy) is 1. The molecule has 0 amide bonds. The Labute approximate surface area is 132 Å². The molecule has 2 aromatic heterocycles. The molecule has 5 nitrogen and oxygen atoms in total. The minimum atomic E-state index is -4.72. The third-order valence-electron chi connectivity index (χ3n) is 2.72. The van der Waals surface area contributed by atoms with Gasteiger partial charge in [-0.05, 0) is 23.6 Å². The standard InChI is InChI=1S/C14H10F3N3O2S/c15-14(16,17)21-10-4-1-3-9(7-10)18-8-12-19-13(20-22-12)11-5-2-6-23-11/h1-7,18H,8H2. The highest BCUT2D eigenvalue weighted by Gasteiger charge is 2.31. The number of rotatable bonds is 5. The molecule has 0 bridgehead atoms. The second-order valence-corrected chi connectivity index (χ2v) is 5.37. The molecule has 0 aliphatic carbocycles. The van der Waals surface area contributed by atoms with E-state index in [1.807, 2.05) is 17.5 Å². The van der Waals surface area contributed by atoms with Gasteiger partial charge in [0, 0.05) is 11.8 Å². The molecule has 120 valence electrons. The van der Waals surface area contributed by atoms with Crippen molar-refractivity contribution in [3.8, 4) is 16.5 Å². The van der Waals surface area contributed by atoms with Crippen LogP contribution < -0.4 is 10.1 Å². The fourth-order valence-electron chi connectivity index (χ4n) is 1.81. The van der Waals surface area contributed by atoms with E-state index in [1.165, 1.54) is 29.5 Å². The molecule has 0 saturated carbocycles. The van der Waals surface area contributed by atoms with E-state index >= 15 is 0 Å². The number of benzene rings is 1. The van der Waals surface area contributed by atoms with E-state index in [0.29, 0.717) is 17.4 Å². The normalized spacial score (nSPS) is 11.4. The lowest BCUT2D eigenvalue weighted by atomic mass is 10.3.